The van der Waals surface area contributed by atoms with Gasteiger partial charge in [-0.3, -0.25) is 4.79 Å². The predicted molar refractivity (Wildman–Crippen MR) is 144 cm³/mol. The summed E-state index contributed by atoms with van der Waals surface area (Å²) in [6.45, 7) is 1.64. The smallest absolute Gasteiger partial charge is 0.345 e. The fraction of sp³-hybridized carbons (Fsp3) is 0.107. The number of esters is 1. The fourth-order valence-electron chi connectivity index (χ4n) is 3.42. The van der Waals surface area contributed by atoms with Crippen LogP contribution < -0.4 is 19.6 Å². The number of halogens is 2. The Morgan fingerprint density at radius 1 is 0.919 bits per heavy atom. The maximum absolute atomic E-state index is 12.5. The lowest BCUT2D eigenvalue weighted by atomic mass is 10.1. The van der Waals surface area contributed by atoms with Crippen LogP contribution in [0.15, 0.2) is 84.0 Å². The summed E-state index contributed by atoms with van der Waals surface area (Å²) >= 11 is 12.0. The second kappa shape index (κ2) is 11.8. The third-order valence-corrected chi connectivity index (χ3v) is 5.88. The van der Waals surface area contributed by atoms with E-state index in [9.17, 15) is 9.59 Å². The molecule has 9 heteroatoms. The number of ether oxygens (including phenoxy) is 3. The molecule has 0 aliphatic rings. The highest BCUT2D eigenvalue weighted by molar-refractivity contribution is 6.36. The number of hydrogen-bond acceptors (Lipinski definition) is 6. The highest BCUT2D eigenvalue weighted by Crippen LogP contribution is 2.30. The predicted octanol–water partition coefficient (Wildman–Crippen LogP) is 6.29. The molecule has 0 radical (unpaired) electrons. The minimum atomic E-state index is -0.769. The molecule has 1 unspecified atom stereocenters. The zero-order valence-electron chi connectivity index (χ0n) is 19.9. The summed E-state index contributed by atoms with van der Waals surface area (Å²) in [5.74, 6) is -0.00488. The highest BCUT2D eigenvalue weighted by Gasteiger charge is 2.17. The molecule has 1 atom stereocenters. The number of methoxy groups -OCH3 is 1. The van der Waals surface area contributed by atoms with Gasteiger partial charge in [0, 0.05) is 5.02 Å². The van der Waals surface area contributed by atoms with E-state index in [0.29, 0.717) is 22.1 Å². The van der Waals surface area contributed by atoms with Crippen molar-refractivity contribution < 1.29 is 23.8 Å². The Morgan fingerprint density at radius 2 is 1.70 bits per heavy atom. The Hall–Kier alpha value is -4.07. The molecule has 0 spiro atoms. The molecule has 4 aromatic carbocycles. The quantitative estimate of drug-likeness (QED) is 0.124. The molecule has 7 nitrogen and oxygen atoms in total. The number of hydrazone groups is 1. The van der Waals surface area contributed by atoms with Gasteiger partial charge in [-0.25, -0.2) is 10.2 Å². The van der Waals surface area contributed by atoms with Gasteiger partial charge in [-0.05, 0) is 71.8 Å². The molecule has 0 aliphatic heterocycles. The van der Waals surface area contributed by atoms with Gasteiger partial charge >= 0.3 is 5.97 Å². The van der Waals surface area contributed by atoms with Crippen LogP contribution in [0, 0.1) is 0 Å². The molecule has 1 N–H and O–H groups in total. The van der Waals surface area contributed by atoms with Crippen molar-refractivity contribution in [2.24, 2.45) is 5.10 Å². The van der Waals surface area contributed by atoms with Crippen LogP contribution in [0.5, 0.6) is 17.2 Å². The average Bonchev–Trinajstić information content (AvgIpc) is 2.89. The standard InChI is InChI=1S/C28H22Cl2N2O5/c1-17(36-22-10-8-19-5-3-4-6-20(19)14-22)27(33)32-31-16-18-7-12-25(26(13-18)35-2)37-28(34)23-11-9-21(29)15-24(23)30/h3-17H,1-2H3,(H,32,33)/b31-16+. The first-order chi connectivity index (χ1) is 17.8. The first kappa shape index (κ1) is 26.0. The Labute approximate surface area is 223 Å². The van der Waals surface area contributed by atoms with Gasteiger partial charge in [0.05, 0.1) is 23.9 Å². The maximum atomic E-state index is 12.5. The van der Waals surface area contributed by atoms with Crippen LogP contribution >= 0.6 is 23.2 Å². The van der Waals surface area contributed by atoms with Crippen molar-refractivity contribution in [3.8, 4) is 17.2 Å². The van der Waals surface area contributed by atoms with Crippen molar-refractivity contribution >= 4 is 52.1 Å². The second-order valence-corrected chi connectivity index (χ2v) is 8.77. The van der Waals surface area contributed by atoms with E-state index in [-0.39, 0.29) is 16.3 Å². The number of nitrogens with one attached hydrogen (secondary N) is 1. The van der Waals surface area contributed by atoms with Gasteiger partial charge < -0.3 is 14.2 Å². The summed E-state index contributed by atoms with van der Waals surface area (Å²) in [6.07, 6.45) is 0.666. The molecule has 4 aromatic rings. The molecule has 0 heterocycles. The third-order valence-electron chi connectivity index (χ3n) is 5.33. The topological polar surface area (TPSA) is 86.2 Å². The zero-order valence-corrected chi connectivity index (χ0v) is 21.4. The van der Waals surface area contributed by atoms with Crippen molar-refractivity contribution in [2.45, 2.75) is 13.0 Å². The van der Waals surface area contributed by atoms with Crippen molar-refractivity contribution in [3.63, 3.8) is 0 Å². The molecule has 0 saturated heterocycles. The van der Waals surface area contributed by atoms with Crippen LogP contribution in [-0.2, 0) is 4.79 Å². The van der Waals surface area contributed by atoms with Gasteiger partial charge in [0.1, 0.15) is 5.75 Å². The largest absolute Gasteiger partial charge is 0.493 e. The van der Waals surface area contributed by atoms with Crippen LogP contribution in [0.3, 0.4) is 0 Å². The molecular formula is C28H22Cl2N2O5. The first-order valence-corrected chi connectivity index (χ1v) is 11.9. The van der Waals surface area contributed by atoms with Gasteiger partial charge in [-0.15, -0.1) is 0 Å². The van der Waals surface area contributed by atoms with E-state index < -0.39 is 18.0 Å². The number of carbonyl (C=O) groups is 2. The van der Waals surface area contributed by atoms with Crippen molar-refractivity contribution in [1.29, 1.82) is 0 Å². The molecule has 37 heavy (non-hydrogen) atoms. The SMILES string of the molecule is COc1cc(/C=N/NC(=O)C(C)Oc2ccc3ccccc3c2)ccc1OC(=O)c1ccc(Cl)cc1Cl. The van der Waals surface area contributed by atoms with Crippen LogP contribution in [-0.4, -0.2) is 31.3 Å². The van der Waals surface area contributed by atoms with Gasteiger partial charge in [-0.2, -0.15) is 5.10 Å². The Balaban J connectivity index is 1.36. The maximum Gasteiger partial charge on any atom is 0.345 e. The van der Waals surface area contributed by atoms with Gasteiger partial charge in [0.15, 0.2) is 17.6 Å². The summed E-state index contributed by atoms with van der Waals surface area (Å²) in [7, 11) is 1.44. The summed E-state index contributed by atoms with van der Waals surface area (Å²) in [5.41, 5.74) is 3.23. The molecule has 0 aliphatic carbocycles. The molecule has 0 bridgehead atoms. The number of amides is 1. The van der Waals surface area contributed by atoms with E-state index in [1.165, 1.54) is 25.5 Å². The number of nitrogens with zero attached hydrogens (tertiary/aromatic N) is 1. The Bertz CT molecular complexity index is 1490. The molecule has 0 saturated carbocycles. The van der Waals surface area contributed by atoms with E-state index >= 15 is 0 Å². The molecule has 0 aromatic heterocycles. The Kier molecular flexibility index (Phi) is 8.28. The lowest BCUT2D eigenvalue weighted by Crippen LogP contribution is -2.33. The van der Waals surface area contributed by atoms with Crippen molar-refractivity contribution in [1.82, 2.24) is 5.43 Å². The Morgan fingerprint density at radius 3 is 2.46 bits per heavy atom. The number of rotatable bonds is 8. The summed E-state index contributed by atoms with van der Waals surface area (Å²) < 4.78 is 16.5. The monoisotopic (exact) mass is 536 g/mol. The number of carbonyl (C=O) groups excluding carboxylic acids is 2. The number of benzene rings is 4. The zero-order chi connectivity index (χ0) is 26.4. The average molecular weight is 537 g/mol. The molecule has 1 amide bonds. The lowest BCUT2D eigenvalue weighted by Gasteiger charge is -2.13. The number of fused-ring (bicyclic) bond motifs is 1. The van der Waals surface area contributed by atoms with Crippen LogP contribution in [0.4, 0.5) is 0 Å². The van der Waals surface area contributed by atoms with Crippen LogP contribution in [0.1, 0.15) is 22.8 Å². The highest BCUT2D eigenvalue weighted by atomic mass is 35.5. The van der Waals surface area contributed by atoms with E-state index in [1.807, 2.05) is 42.5 Å². The second-order valence-electron chi connectivity index (χ2n) is 7.93. The molecule has 0 fully saturated rings. The summed E-state index contributed by atoms with van der Waals surface area (Å²) in [4.78, 5) is 24.9. The first-order valence-electron chi connectivity index (χ1n) is 11.2. The molecular weight excluding hydrogens is 515 g/mol. The van der Waals surface area contributed by atoms with Gasteiger partial charge in [0.25, 0.3) is 5.91 Å². The fourth-order valence-corrected chi connectivity index (χ4v) is 3.90. The summed E-state index contributed by atoms with van der Waals surface area (Å²) in [6, 6.07) is 22.8. The normalized spacial score (nSPS) is 11.8. The van der Waals surface area contributed by atoms with Crippen LogP contribution in [0.2, 0.25) is 10.0 Å². The van der Waals surface area contributed by atoms with Gasteiger partial charge in [0.2, 0.25) is 0 Å². The minimum absolute atomic E-state index is 0.168. The van der Waals surface area contributed by atoms with E-state index in [4.69, 9.17) is 37.4 Å². The lowest BCUT2D eigenvalue weighted by molar-refractivity contribution is -0.127. The number of hydrogen-bond donors (Lipinski definition) is 1. The van der Waals surface area contributed by atoms with Crippen molar-refractivity contribution in [2.75, 3.05) is 7.11 Å². The van der Waals surface area contributed by atoms with E-state index in [0.717, 1.165) is 10.8 Å². The van der Waals surface area contributed by atoms with E-state index in [2.05, 4.69) is 10.5 Å². The van der Waals surface area contributed by atoms with Gasteiger partial charge in [-0.1, -0.05) is 53.5 Å². The third kappa shape index (κ3) is 6.58. The van der Waals surface area contributed by atoms with Crippen LogP contribution in [0.25, 0.3) is 10.8 Å². The minimum Gasteiger partial charge on any atom is -0.493 e. The van der Waals surface area contributed by atoms with Crippen molar-refractivity contribution in [3.05, 3.63) is 100 Å². The summed E-state index contributed by atoms with van der Waals surface area (Å²) in [5, 5.41) is 6.68. The molecule has 4 rings (SSSR count). The van der Waals surface area contributed by atoms with E-state index in [1.54, 1.807) is 31.2 Å². The molecule has 188 valence electrons.